The predicted molar refractivity (Wildman–Crippen MR) is 98.5 cm³/mol. The molecular formula is C17H25BN2O3S. The SMILES string of the molecule is COBNCCCn1c2c(c3cc(S(C)(=O)=O)ccc31)CCCC2. The molecule has 0 radical (unpaired) electrons. The number of hydrogen-bond acceptors (Lipinski definition) is 4. The minimum absolute atomic E-state index is 0.419. The van der Waals surface area contributed by atoms with Crippen molar-refractivity contribution >= 4 is 28.4 Å². The maximum atomic E-state index is 11.9. The van der Waals surface area contributed by atoms with Crippen molar-refractivity contribution in [3.05, 3.63) is 29.5 Å². The summed E-state index contributed by atoms with van der Waals surface area (Å²) in [7, 11) is -0.918. The Balaban J connectivity index is 1.96. The van der Waals surface area contributed by atoms with Gasteiger partial charge in [0.1, 0.15) is 0 Å². The lowest BCUT2D eigenvalue weighted by Crippen LogP contribution is -2.23. The van der Waals surface area contributed by atoms with Gasteiger partial charge >= 0.3 is 7.62 Å². The van der Waals surface area contributed by atoms with Crippen molar-refractivity contribution in [1.29, 1.82) is 0 Å². The number of hydrogen-bond donors (Lipinski definition) is 1. The summed E-state index contributed by atoms with van der Waals surface area (Å²) in [6, 6.07) is 5.59. The smallest absolute Gasteiger partial charge is 0.360 e. The fourth-order valence-electron chi connectivity index (χ4n) is 3.64. The van der Waals surface area contributed by atoms with E-state index in [4.69, 9.17) is 4.65 Å². The number of aryl methyl sites for hydroxylation is 2. The maximum absolute atomic E-state index is 11.9. The van der Waals surface area contributed by atoms with Gasteiger partial charge in [-0.2, -0.15) is 0 Å². The average Bonchev–Trinajstić information content (AvgIpc) is 2.88. The van der Waals surface area contributed by atoms with Crippen LogP contribution >= 0.6 is 0 Å². The van der Waals surface area contributed by atoms with Gasteiger partial charge in [-0.3, -0.25) is 0 Å². The van der Waals surface area contributed by atoms with Gasteiger partial charge < -0.3 is 14.4 Å². The molecular weight excluding hydrogens is 323 g/mol. The molecule has 0 fully saturated rings. The van der Waals surface area contributed by atoms with Crippen molar-refractivity contribution in [1.82, 2.24) is 9.79 Å². The lowest BCUT2D eigenvalue weighted by Gasteiger charge is -2.16. The summed E-state index contributed by atoms with van der Waals surface area (Å²) in [6.07, 6.45) is 6.83. The number of nitrogens with zero attached hydrogens (tertiary/aromatic N) is 1. The van der Waals surface area contributed by atoms with E-state index >= 15 is 0 Å². The van der Waals surface area contributed by atoms with Gasteiger partial charge in [-0.05, 0) is 62.4 Å². The average molecular weight is 348 g/mol. The summed E-state index contributed by atoms with van der Waals surface area (Å²) < 4.78 is 31.2. The molecule has 1 aliphatic carbocycles. The van der Waals surface area contributed by atoms with Crippen LogP contribution in [0.1, 0.15) is 30.5 Å². The van der Waals surface area contributed by atoms with Crippen LogP contribution < -0.4 is 5.23 Å². The Morgan fingerprint density at radius 2 is 2.08 bits per heavy atom. The van der Waals surface area contributed by atoms with Crippen LogP contribution in [-0.4, -0.2) is 40.5 Å². The Morgan fingerprint density at radius 1 is 1.29 bits per heavy atom. The number of rotatable bonds is 7. The minimum atomic E-state index is -3.17. The molecule has 0 spiro atoms. The summed E-state index contributed by atoms with van der Waals surface area (Å²) in [4.78, 5) is 0.419. The van der Waals surface area contributed by atoms with E-state index in [1.54, 1.807) is 13.2 Å². The highest BCUT2D eigenvalue weighted by molar-refractivity contribution is 7.90. The molecule has 24 heavy (non-hydrogen) atoms. The molecule has 1 N–H and O–H groups in total. The van der Waals surface area contributed by atoms with Crippen LogP contribution in [-0.2, 0) is 33.9 Å². The highest BCUT2D eigenvalue weighted by atomic mass is 32.2. The van der Waals surface area contributed by atoms with Gasteiger partial charge in [0.25, 0.3) is 0 Å². The predicted octanol–water partition coefficient (Wildman–Crippen LogP) is 1.82. The van der Waals surface area contributed by atoms with Crippen LogP contribution in [0.15, 0.2) is 23.1 Å². The van der Waals surface area contributed by atoms with Gasteiger partial charge in [0, 0.05) is 36.5 Å². The van der Waals surface area contributed by atoms with Crippen molar-refractivity contribution in [2.24, 2.45) is 0 Å². The second-order valence-corrected chi connectivity index (χ2v) is 8.54. The minimum Gasteiger partial charge on any atom is -0.427 e. The van der Waals surface area contributed by atoms with E-state index in [1.165, 1.54) is 35.9 Å². The number of nitrogens with one attached hydrogen (secondary N) is 1. The van der Waals surface area contributed by atoms with Crippen molar-refractivity contribution in [3.8, 4) is 0 Å². The molecule has 7 heteroatoms. The van der Waals surface area contributed by atoms with Crippen LogP contribution in [0, 0.1) is 0 Å². The molecule has 0 saturated heterocycles. The standard InChI is InChI=1S/C17H25BN2O3S/c1-23-18-19-10-5-11-20-16-7-4-3-6-14(16)15-12-13(24(2,21)22)8-9-17(15)20/h8-9,12,18-19H,3-7,10-11H2,1-2H3. The number of sulfone groups is 1. The van der Waals surface area contributed by atoms with Gasteiger partial charge in [0.2, 0.25) is 0 Å². The molecule has 1 aromatic carbocycles. The van der Waals surface area contributed by atoms with Gasteiger partial charge in [0.05, 0.1) is 4.90 Å². The first-order valence-corrected chi connectivity index (χ1v) is 10.4. The normalized spacial score (nSPS) is 14.8. The van der Waals surface area contributed by atoms with Crippen LogP contribution in [0.5, 0.6) is 0 Å². The number of benzene rings is 1. The van der Waals surface area contributed by atoms with E-state index in [1.807, 2.05) is 12.1 Å². The Labute approximate surface area is 144 Å². The van der Waals surface area contributed by atoms with E-state index in [-0.39, 0.29) is 0 Å². The second-order valence-electron chi connectivity index (χ2n) is 6.52. The van der Waals surface area contributed by atoms with Gasteiger partial charge in [-0.25, -0.2) is 8.42 Å². The van der Waals surface area contributed by atoms with E-state index < -0.39 is 9.84 Å². The number of fused-ring (bicyclic) bond motifs is 3. The summed E-state index contributed by atoms with van der Waals surface area (Å²) in [5.41, 5.74) is 3.92. The second kappa shape index (κ2) is 7.29. The zero-order valence-electron chi connectivity index (χ0n) is 14.5. The van der Waals surface area contributed by atoms with Crippen LogP contribution in [0.3, 0.4) is 0 Å². The first kappa shape index (κ1) is 17.5. The molecule has 1 aliphatic rings. The number of aromatic nitrogens is 1. The summed E-state index contributed by atoms with van der Waals surface area (Å²) >= 11 is 0. The van der Waals surface area contributed by atoms with Crippen molar-refractivity contribution in [3.63, 3.8) is 0 Å². The summed E-state index contributed by atoms with van der Waals surface area (Å²) in [5, 5.41) is 4.36. The van der Waals surface area contributed by atoms with Gasteiger partial charge in [-0.1, -0.05) is 0 Å². The van der Waals surface area contributed by atoms with Crippen LogP contribution in [0.25, 0.3) is 10.9 Å². The quantitative estimate of drug-likeness (QED) is 0.613. The van der Waals surface area contributed by atoms with Crippen molar-refractivity contribution < 1.29 is 13.1 Å². The zero-order chi connectivity index (χ0) is 17.2. The molecule has 0 saturated carbocycles. The molecule has 0 aliphatic heterocycles. The Morgan fingerprint density at radius 3 is 2.83 bits per heavy atom. The molecule has 0 bridgehead atoms. The lowest BCUT2D eigenvalue weighted by molar-refractivity contribution is 0.429. The van der Waals surface area contributed by atoms with Crippen molar-refractivity contribution in [2.75, 3.05) is 19.9 Å². The third-order valence-corrected chi connectivity index (χ3v) is 5.87. The third kappa shape index (κ3) is 3.53. The van der Waals surface area contributed by atoms with E-state index in [2.05, 4.69) is 9.79 Å². The van der Waals surface area contributed by atoms with Crippen LogP contribution in [0.4, 0.5) is 0 Å². The van der Waals surface area contributed by atoms with E-state index in [0.717, 1.165) is 37.7 Å². The highest BCUT2D eigenvalue weighted by Gasteiger charge is 2.21. The fourth-order valence-corrected chi connectivity index (χ4v) is 4.28. The zero-order valence-corrected chi connectivity index (χ0v) is 15.3. The fraction of sp³-hybridized carbons (Fsp3) is 0.529. The first-order chi connectivity index (χ1) is 11.5. The molecule has 3 rings (SSSR count). The third-order valence-electron chi connectivity index (χ3n) is 4.76. The summed E-state index contributed by atoms with van der Waals surface area (Å²) in [5.74, 6) is 0. The maximum Gasteiger partial charge on any atom is 0.360 e. The van der Waals surface area contributed by atoms with Gasteiger partial charge in [-0.15, -0.1) is 0 Å². The molecule has 0 amide bonds. The Hall–Kier alpha value is -1.31. The first-order valence-electron chi connectivity index (χ1n) is 8.56. The Kier molecular flexibility index (Phi) is 5.32. The summed E-state index contributed by atoms with van der Waals surface area (Å²) in [6.45, 7) is 1.85. The molecule has 1 heterocycles. The molecule has 130 valence electrons. The largest absolute Gasteiger partial charge is 0.427 e. The molecule has 2 aromatic rings. The van der Waals surface area contributed by atoms with Crippen LogP contribution in [0.2, 0.25) is 0 Å². The molecule has 0 unspecified atom stereocenters. The lowest BCUT2D eigenvalue weighted by atomic mass is 9.95. The topological polar surface area (TPSA) is 60.3 Å². The molecule has 5 nitrogen and oxygen atoms in total. The molecule has 0 atom stereocenters. The Bertz CT molecular complexity index is 830. The monoisotopic (exact) mass is 348 g/mol. The molecule has 1 aromatic heterocycles. The van der Waals surface area contributed by atoms with Crippen molar-refractivity contribution in [2.45, 2.75) is 43.5 Å². The van der Waals surface area contributed by atoms with E-state index in [0.29, 0.717) is 12.5 Å². The van der Waals surface area contributed by atoms with E-state index in [9.17, 15) is 8.42 Å². The van der Waals surface area contributed by atoms with Gasteiger partial charge in [0.15, 0.2) is 9.84 Å². The highest BCUT2D eigenvalue weighted by Crippen LogP contribution is 2.33.